The first-order valence-corrected chi connectivity index (χ1v) is 11.4. The van der Waals surface area contributed by atoms with Crippen LogP contribution >= 0.6 is 0 Å². The Kier molecular flexibility index (Phi) is 5.89. The fourth-order valence-electron chi connectivity index (χ4n) is 4.45. The maximum atomic E-state index is 12.8. The number of nitrogen functional groups attached to an aromatic ring is 1. The molecule has 0 atom stereocenters. The van der Waals surface area contributed by atoms with Crippen LogP contribution in [0.1, 0.15) is 35.3 Å². The van der Waals surface area contributed by atoms with E-state index >= 15 is 0 Å². The van der Waals surface area contributed by atoms with Crippen molar-refractivity contribution in [1.29, 1.82) is 5.41 Å². The molecular formula is C24H27N9O. The average molecular weight is 458 g/mol. The van der Waals surface area contributed by atoms with Gasteiger partial charge in [-0.3, -0.25) is 15.2 Å². The van der Waals surface area contributed by atoms with Gasteiger partial charge in [0, 0.05) is 31.7 Å². The summed E-state index contributed by atoms with van der Waals surface area (Å²) in [5, 5.41) is 14.8. The number of carbonyl (C=O) groups is 1. The summed E-state index contributed by atoms with van der Waals surface area (Å²) in [5.41, 5.74) is 7.97. The van der Waals surface area contributed by atoms with Gasteiger partial charge in [-0.05, 0) is 18.4 Å². The first-order chi connectivity index (χ1) is 16.5. The SMILES string of the molecule is N=C(NC(=O)c1cnc(N2CCNCC2)cn1)C1(c2ccc(-c3cnc(N)cn3)cc2)CCC1. The summed E-state index contributed by atoms with van der Waals surface area (Å²) in [4.78, 5) is 32.1. The standard InChI is InChI=1S/C24H27N9O/c25-20-14-28-18(12-30-20)16-2-4-17(5-3-16)24(6-1-7-24)23(26)32-22(34)19-13-31-21(15-29-19)33-10-8-27-9-11-33/h2-5,12-15,27H,1,6-11H2,(H2,25,30)(H2,26,32,34). The minimum atomic E-state index is -0.505. The van der Waals surface area contributed by atoms with E-state index < -0.39 is 11.3 Å². The molecule has 0 radical (unpaired) electrons. The molecule has 5 rings (SSSR count). The zero-order chi connectivity index (χ0) is 23.5. The summed E-state index contributed by atoms with van der Waals surface area (Å²) in [7, 11) is 0. The molecule has 5 N–H and O–H groups in total. The predicted molar refractivity (Wildman–Crippen MR) is 130 cm³/mol. The van der Waals surface area contributed by atoms with Crippen molar-refractivity contribution in [2.45, 2.75) is 24.7 Å². The van der Waals surface area contributed by atoms with E-state index in [1.54, 1.807) is 12.4 Å². The summed E-state index contributed by atoms with van der Waals surface area (Å²) in [6.07, 6.45) is 8.89. The van der Waals surface area contributed by atoms with Gasteiger partial charge in [0.15, 0.2) is 0 Å². The van der Waals surface area contributed by atoms with Crippen LogP contribution in [0.4, 0.5) is 11.6 Å². The number of rotatable bonds is 5. The van der Waals surface area contributed by atoms with E-state index in [1.807, 2.05) is 24.3 Å². The van der Waals surface area contributed by atoms with Crippen LogP contribution < -0.4 is 21.3 Å². The number of anilines is 2. The number of aromatic nitrogens is 4. The molecule has 0 bridgehead atoms. The molecule has 1 amide bonds. The first-order valence-electron chi connectivity index (χ1n) is 11.4. The fraction of sp³-hybridized carbons (Fsp3) is 0.333. The van der Waals surface area contributed by atoms with Gasteiger partial charge in [-0.1, -0.05) is 30.7 Å². The van der Waals surface area contributed by atoms with Crippen molar-refractivity contribution in [2.24, 2.45) is 0 Å². The molecule has 1 saturated carbocycles. The highest BCUT2D eigenvalue weighted by molar-refractivity contribution is 6.08. The first kappa shape index (κ1) is 21.9. The Labute approximate surface area is 197 Å². The van der Waals surface area contributed by atoms with Crippen LogP contribution in [0.5, 0.6) is 0 Å². The lowest BCUT2D eigenvalue weighted by Gasteiger charge is -2.42. The van der Waals surface area contributed by atoms with Crippen LogP contribution in [0.15, 0.2) is 49.1 Å². The number of nitrogens with two attached hydrogens (primary N) is 1. The topological polar surface area (TPSA) is 146 Å². The molecule has 2 aromatic heterocycles. The largest absolute Gasteiger partial charge is 0.382 e. The van der Waals surface area contributed by atoms with Gasteiger partial charge in [0.05, 0.1) is 35.9 Å². The third-order valence-corrected chi connectivity index (χ3v) is 6.64. The molecule has 0 unspecified atom stereocenters. The van der Waals surface area contributed by atoms with E-state index in [4.69, 9.17) is 11.1 Å². The monoisotopic (exact) mass is 457 g/mol. The van der Waals surface area contributed by atoms with E-state index in [0.29, 0.717) is 5.82 Å². The fourth-order valence-corrected chi connectivity index (χ4v) is 4.45. The summed E-state index contributed by atoms with van der Waals surface area (Å²) in [5.74, 6) is 0.914. The van der Waals surface area contributed by atoms with Crippen LogP contribution in [0.25, 0.3) is 11.3 Å². The number of hydrogen-bond acceptors (Lipinski definition) is 9. The van der Waals surface area contributed by atoms with E-state index in [9.17, 15) is 4.79 Å². The van der Waals surface area contributed by atoms with E-state index in [2.05, 4.69) is 35.5 Å². The van der Waals surface area contributed by atoms with Gasteiger partial charge >= 0.3 is 0 Å². The number of piperazine rings is 1. The Bertz CT molecular complexity index is 1170. The van der Waals surface area contributed by atoms with Crippen molar-refractivity contribution in [1.82, 2.24) is 30.6 Å². The number of hydrogen-bond donors (Lipinski definition) is 4. The molecule has 34 heavy (non-hydrogen) atoms. The van der Waals surface area contributed by atoms with Crippen molar-refractivity contribution in [3.63, 3.8) is 0 Å². The van der Waals surface area contributed by atoms with Gasteiger partial charge in [0.1, 0.15) is 23.2 Å². The molecule has 0 spiro atoms. The van der Waals surface area contributed by atoms with Gasteiger partial charge < -0.3 is 21.3 Å². The quantitative estimate of drug-likeness (QED) is 0.335. The van der Waals surface area contributed by atoms with Gasteiger partial charge in [0.2, 0.25) is 0 Å². The minimum absolute atomic E-state index is 0.191. The lowest BCUT2D eigenvalue weighted by molar-refractivity contribution is 0.0967. The molecule has 3 aromatic rings. The number of nitrogens with zero attached hydrogens (tertiary/aromatic N) is 5. The number of amidine groups is 1. The summed E-state index contributed by atoms with van der Waals surface area (Å²) < 4.78 is 0. The van der Waals surface area contributed by atoms with Gasteiger partial charge in [-0.2, -0.15) is 0 Å². The minimum Gasteiger partial charge on any atom is -0.382 e. The zero-order valence-corrected chi connectivity index (χ0v) is 18.8. The number of carbonyl (C=O) groups excluding carboxylic acids is 1. The Morgan fingerprint density at radius 3 is 2.35 bits per heavy atom. The van der Waals surface area contributed by atoms with Crippen LogP contribution in [0, 0.1) is 5.41 Å². The molecule has 174 valence electrons. The average Bonchev–Trinajstić information content (AvgIpc) is 2.85. The second-order valence-corrected chi connectivity index (χ2v) is 8.67. The van der Waals surface area contributed by atoms with Crippen molar-refractivity contribution < 1.29 is 4.79 Å². The lowest BCUT2D eigenvalue weighted by Crippen LogP contribution is -2.50. The van der Waals surface area contributed by atoms with E-state index in [1.165, 1.54) is 12.4 Å². The molecule has 1 aliphatic carbocycles. The van der Waals surface area contributed by atoms with Crippen LogP contribution in [-0.4, -0.2) is 57.9 Å². The zero-order valence-electron chi connectivity index (χ0n) is 18.8. The third kappa shape index (κ3) is 4.19. The Balaban J connectivity index is 1.28. The van der Waals surface area contributed by atoms with Crippen LogP contribution in [0.3, 0.4) is 0 Å². The summed E-state index contributed by atoms with van der Waals surface area (Å²) >= 11 is 0. The molecule has 10 nitrogen and oxygen atoms in total. The lowest BCUT2D eigenvalue weighted by atomic mass is 9.63. The molecular weight excluding hydrogens is 430 g/mol. The summed E-state index contributed by atoms with van der Waals surface area (Å²) in [6.45, 7) is 3.52. The highest BCUT2D eigenvalue weighted by Gasteiger charge is 2.43. The van der Waals surface area contributed by atoms with Gasteiger partial charge in [-0.25, -0.2) is 15.0 Å². The highest BCUT2D eigenvalue weighted by Crippen LogP contribution is 2.44. The molecule has 2 aliphatic rings. The van der Waals surface area contributed by atoms with E-state index in [0.717, 1.165) is 68.1 Å². The van der Waals surface area contributed by atoms with Crippen molar-refractivity contribution >= 4 is 23.4 Å². The summed E-state index contributed by atoms with van der Waals surface area (Å²) in [6, 6.07) is 7.92. The Morgan fingerprint density at radius 1 is 1.00 bits per heavy atom. The normalized spacial score (nSPS) is 17.0. The maximum Gasteiger partial charge on any atom is 0.276 e. The molecule has 3 heterocycles. The number of amides is 1. The van der Waals surface area contributed by atoms with Crippen molar-refractivity contribution in [3.05, 3.63) is 60.3 Å². The Morgan fingerprint density at radius 2 is 1.76 bits per heavy atom. The van der Waals surface area contributed by atoms with Gasteiger partial charge in [-0.15, -0.1) is 0 Å². The third-order valence-electron chi connectivity index (χ3n) is 6.64. The molecule has 1 aromatic carbocycles. The predicted octanol–water partition coefficient (Wildman–Crippen LogP) is 1.75. The number of nitrogens with one attached hydrogen (secondary N) is 3. The maximum absolute atomic E-state index is 12.8. The second-order valence-electron chi connectivity index (χ2n) is 8.67. The van der Waals surface area contributed by atoms with Gasteiger partial charge in [0.25, 0.3) is 5.91 Å². The van der Waals surface area contributed by atoms with Crippen molar-refractivity contribution in [2.75, 3.05) is 36.8 Å². The molecule has 1 saturated heterocycles. The molecule has 2 fully saturated rings. The van der Waals surface area contributed by atoms with Crippen LogP contribution in [-0.2, 0) is 5.41 Å². The van der Waals surface area contributed by atoms with Crippen molar-refractivity contribution in [3.8, 4) is 11.3 Å². The van der Waals surface area contributed by atoms with Crippen LogP contribution in [0.2, 0.25) is 0 Å². The molecule has 10 heteroatoms. The number of benzene rings is 1. The smallest absolute Gasteiger partial charge is 0.276 e. The highest BCUT2D eigenvalue weighted by atomic mass is 16.2. The second kappa shape index (κ2) is 9.14. The Hall–Kier alpha value is -3.92. The van der Waals surface area contributed by atoms with E-state index in [-0.39, 0.29) is 11.5 Å². The molecule has 1 aliphatic heterocycles.